The predicted molar refractivity (Wildman–Crippen MR) is 113 cm³/mol. The summed E-state index contributed by atoms with van der Waals surface area (Å²) in [6.07, 6.45) is 0. The van der Waals surface area contributed by atoms with Crippen molar-refractivity contribution < 1.29 is 40.9 Å². The third kappa shape index (κ3) is 4.60. The zero-order valence-electron chi connectivity index (χ0n) is 16.6. The Morgan fingerprint density at radius 1 is 0.742 bits per heavy atom. The molecule has 0 saturated carbocycles. The average Bonchev–Trinajstić information content (AvgIpc) is 2.56. The second-order valence-corrected chi connectivity index (χ2v) is 29.8. The maximum absolute atomic E-state index is 13.7. The van der Waals surface area contributed by atoms with Crippen LogP contribution in [0.15, 0.2) is 43.8 Å². The quantitative estimate of drug-likeness (QED) is 0.296. The Hall–Kier alpha value is -0.554. The van der Waals surface area contributed by atoms with Gasteiger partial charge in [0.15, 0.2) is 0 Å². The molecule has 0 aromatic heterocycles. The fourth-order valence-electron chi connectivity index (χ4n) is 3.08. The van der Waals surface area contributed by atoms with Crippen LogP contribution in [0, 0.1) is 0 Å². The molecule has 15 heteroatoms. The molecule has 0 amide bonds. The molecule has 0 spiro atoms. The van der Waals surface area contributed by atoms with E-state index in [-0.39, 0.29) is 16.8 Å². The predicted octanol–water partition coefficient (Wildman–Crippen LogP) is 1.14. The summed E-state index contributed by atoms with van der Waals surface area (Å²) >= 11 is -8.41. The molecule has 0 atom stereocenters. The first-order valence-electron chi connectivity index (χ1n) is 8.35. The van der Waals surface area contributed by atoms with Crippen LogP contribution in [0.25, 0.3) is 0 Å². The molecule has 1 aliphatic rings. The number of fused-ring (bicyclic) bond motifs is 2. The van der Waals surface area contributed by atoms with Crippen LogP contribution in [0.3, 0.4) is 0 Å². The average molecular weight is 710 g/mol. The normalized spacial score (nSPS) is 15.2. The van der Waals surface area contributed by atoms with E-state index in [9.17, 15) is 36.2 Å². The molecule has 0 radical (unpaired) electrons. The second kappa shape index (κ2) is 7.75. The van der Waals surface area contributed by atoms with Gasteiger partial charge in [-0.25, -0.2) is 0 Å². The van der Waals surface area contributed by atoms with E-state index < -0.39 is 89.9 Å². The molecule has 2 aromatic rings. The molecular formula is C16H18O10S3Sb2. The SMILES string of the molecule is [CH3][Sb]([CH3])(=[O])[c]1ccc(S(=O)(=O)O)c2c1S(=O)c1[c]([Sb]([CH3])([CH3])=[O])ccc(S(=O)(=O)O)c1O2. The van der Waals surface area contributed by atoms with E-state index >= 15 is 0 Å². The molecular weight excluding hydrogens is 692 g/mol. The molecule has 2 aromatic carbocycles. The maximum atomic E-state index is 13.7. The van der Waals surface area contributed by atoms with Crippen LogP contribution >= 0.6 is 0 Å². The van der Waals surface area contributed by atoms with E-state index in [1.54, 1.807) is 0 Å². The summed E-state index contributed by atoms with van der Waals surface area (Å²) in [5, 5.41) is 0. The van der Waals surface area contributed by atoms with Crippen molar-refractivity contribution in [1.29, 1.82) is 0 Å². The third-order valence-electron chi connectivity index (χ3n) is 4.40. The van der Waals surface area contributed by atoms with E-state index in [4.69, 9.17) is 4.74 Å². The molecule has 31 heavy (non-hydrogen) atoms. The number of rotatable bonds is 4. The van der Waals surface area contributed by atoms with Crippen LogP contribution in [0.4, 0.5) is 0 Å². The topological polar surface area (TPSA) is 169 Å². The molecule has 0 saturated heterocycles. The molecule has 2 N–H and O–H groups in total. The Morgan fingerprint density at radius 3 is 1.32 bits per heavy atom. The van der Waals surface area contributed by atoms with E-state index in [0.717, 1.165) is 12.1 Å². The molecule has 0 aliphatic carbocycles. The van der Waals surface area contributed by atoms with Crippen molar-refractivity contribution in [2.24, 2.45) is 0 Å². The fraction of sp³-hybridized carbons (Fsp3) is 0.250. The summed E-state index contributed by atoms with van der Waals surface area (Å²) in [5.74, 6) is -1.30. The first kappa shape index (κ1) is 25.1. The van der Waals surface area contributed by atoms with Gasteiger partial charge in [0.2, 0.25) is 0 Å². The van der Waals surface area contributed by atoms with Crippen LogP contribution in [0.1, 0.15) is 0 Å². The van der Waals surface area contributed by atoms with Crippen LogP contribution in [-0.2, 0) is 37.1 Å². The molecule has 0 fully saturated rings. The molecule has 3 rings (SSSR count). The Labute approximate surface area is 189 Å². The second-order valence-electron chi connectivity index (χ2n) is 7.50. The summed E-state index contributed by atoms with van der Waals surface area (Å²) in [5.41, 5.74) is 0. The van der Waals surface area contributed by atoms with Gasteiger partial charge in [-0.1, -0.05) is 0 Å². The summed E-state index contributed by atoms with van der Waals surface area (Å²) in [6.45, 7) is 0. The summed E-state index contributed by atoms with van der Waals surface area (Å²) in [7, 11) is -12.2. The van der Waals surface area contributed by atoms with Crippen LogP contribution in [-0.4, -0.2) is 67.7 Å². The van der Waals surface area contributed by atoms with Crippen molar-refractivity contribution >= 4 is 75.6 Å². The van der Waals surface area contributed by atoms with Gasteiger partial charge in [-0.05, 0) is 0 Å². The number of hydrogen-bond donors (Lipinski definition) is 2. The van der Waals surface area contributed by atoms with Gasteiger partial charge in [0, 0.05) is 0 Å². The van der Waals surface area contributed by atoms with Crippen LogP contribution < -0.4 is 11.8 Å². The number of benzene rings is 2. The standard InChI is InChI=1S/C12H6O8S3.4CH3.2O.2Sb/c13-21-7-3-1-5-9(22(14,15)16)11(7)20-12-8(21)4-2-6-10(12)23(17,18)19;;;;;;;;/h1-2,5-6H,(H,14,15,16)(H,17,18,19);4*1H3;;;;. The van der Waals surface area contributed by atoms with Gasteiger partial charge >= 0.3 is 191 Å². The van der Waals surface area contributed by atoms with E-state index in [1.165, 1.54) is 31.6 Å². The Kier molecular flexibility index (Phi) is 6.27. The van der Waals surface area contributed by atoms with Crippen molar-refractivity contribution in [3.63, 3.8) is 0 Å². The van der Waals surface area contributed by atoms with Gasteiger partial charge < -0.3 is 0 Å². The van der Waals surface area contributed by atoms with E-state index in [0.29, 0.717) is 0 Å². The van der Waals surface area contributed by atoms with Crippen molar-refractivity contribution in [1.82, 2.24) is 0 Å². The Morgan fingerprint density at radius 2 is 1.06 bits per heavy atom. The first-order chi connectivity index (χ1) is 13.8. The van der Waals surface area contributed by atoms with E-state index in [1.807, 2.05) is 0 Å². The molecule has 1 heterocycles. The fourth-order valence-corrected chi connectivity index (χ4v) is 16.0. The van der Waals surface area contributed by atoms with Crippen molar-refractivity contribution in [3.8, 4) is 11.5 Å². The van der Waals surface area contributed by atoms with Crippen LogP contribution in [0.5, 0.6) is 11.5 Å². The molecule has 170 valence electrons. The molecule has 10 nitrogen and oxygen atoms in total. The first-order valence-corrected chi connectivity index (χ1v) is 27.2. The number of ether oxygens (including phenoxy) is 1. The molecule has 0 bridgehead atoms. The van der Waals surface area contributed by atoms with Crippen molar-refractivity contribution in [3.05, 3.63) is 24.3 Å². The monoisotopic (exact) mass is 708 g/mol. The minimum absolute atomic E-state index is 0.0748. The molecule has 1 aliphatic heterocycles. The third-order valence-corrected chi connectivity index (χ3v) is 17.4. The van der Waals surface area contributed by atoms with Gasteiger partial charge in [0.25, 0.3) is 0 Å². The summed E-state index contributed by atoms with van der Waals surface area (Å²) in [6, 6.07) is 4.19. The number of hydrogen-bond acceptors (Lipinski definition) is 8. The van der Waals surface area contributed by atoms with E-state index in [2.05, 4.69) is 0 Å². The van der Waals surface area contributed by atoms with Gasteiger partial charge in [-0.3, -0.25) is 0 Å². The summed E-state index contributed by atoms with van der Waals surface area (Å²) < 4.78 is 112. The Bertz CT molecular complexity index is 1350. The zero-order chi connectivity index (χ0) is 23.7. The van der Waals surface area contributed by atoms with Gasteiger partial charge in [-0.2, -0.15) is 0 Å². The zero-order valence-corrected chi connectivity index (χ0v) is 24.1. The van der Waals surface area contributed by atoms with Gasteiger partial charge in [0.1, 0.15) is 0 Å². The minimum atomic E-state index is -4.92. The van der Waals surface area contributed by atoms with Crippen molar-refractivity contribution in [2.45, 2.75) is 39.1 Å². The summed E-state index contributed by atoms with van der Waals surface area (Å²) in [4.78, 5) is 3.51. The Balaban J connectivity index is 2.57. The van der Waals surface area contributed by atoms with Gasteiger partial charge in [0.05, 0.1) is 0 Å². The van der Waals surface area contributed by atoms with Crippen LogP contribution in [0.2, 0.25) is 19.5 Å². The van der Waals surface area contributed by atoms with Gasteiger partial charge in [-0.15, -0.1) is 0 Å². The van der Waals surface area contributed by atoms with Crippen molar-refractivity contribution in [2.75, 3.05) is 0 Å². The molecule has 0 unspecified atom stereocenters.